The highest BCUT2D eigenvalue weighted by molar-refractivity contribution is 6.31. The van der Waals surface area contributed by atoms with Crippen molar-refractivity contribution >= 4 is 29.4 Å². The number of amides is 2. The molecule has 0 aromatic heterocycles. The molecular formula is C18H21ClN2O4. The number of nitrogens with one attached hydrogen (secondary N) is 1. The van der Waals surface area contributed by atoms with E-state index in [1.165, 1.54) is 7.11 Å². The second-order valence-corrected chi connectivity index (χ2v) is 6.95. The molecule has 0 radical (unpaired) electrons. The number of halogens is 1. The Morgan fingerprint density at radius 2 is 2.08 bits per heavy atom. The van der Waals surface area contributed by atoms with E-state index in [1.54, 1.807) is 29.2 Å². The van der Waals surface area contributed by atoms with E-state index in [-0.39, 0.29) is 24.7 Å². The molecular weight excluding hydrogens is 344 g/mol. The van der Waals surface area contributed by atoms with E-state index in [0.29, 0.717) is 23.2 Å². The molecule has 0 bridgehead atoms. The Balaban J connectivity index is 1.71. The molecule has 1 aromatic rings. The molecule has 25 heavy (non-hydrogen) atoms. The summed E-state index contributed by atoms with van der Waals surface area (Å²) in [6.07, 6.45) is 2.24. The zero-order chi connectivity index (χ0) is 18.0. The van der Waals surface area contributed by atoms with Crippen molar-refractivity contribution in [2.24, 2.45) is 5.92 Å². The van der Waals surface area contributed by atoms with Gasteiger partial charge in [-0.2, -0.15) is 0 Å². The molecule has 2 unspecified atom stereocenters. The Bertz CT molecular complexity index is 689. The van der Waals surface area contributed by atoms with Crippen molar-refractivity contribution in [3.63, 3.8) is 0 Å². The maximum Gasteiger partial charge on any atom is 0.307 e. The number of carbonyl (C=O) groups is 3. The average Bonchev–Trinajstić information content (AvgIpc) is 3.36. The average molecular weight is 365 g/mol. The van der Waals surface area contributed by atoms with Gasteiger partial charge < -0.3 is 15.0 Å². The lowest BCUT2D eigenvalue weighted by Gasteiger charge is -2.21. The van der Waals surface area contributed by atoms with Crippen LogP contribution in [0.5, 0.6) is 0 Å². The standard InChI is InChI=1S/C18H21ClN2O4/c1-25-17(23)9-15(13-4-2-3-5-14(13)19)20-18(24)11-8-16(22)21(10-11)12-6-7-12/h2-5,11-12,15H,6-10H2,1H3,(H,20,24). The number of ether oxygens (including phenoxy) is 1. The lowest BCUT2D eigenvalue weighted by molar-refractivity contribution is -0.141. The van der Waals surface area contributed by atoms with E-state index < -0.39 is 17.9 Å². The van der Waals surface area contributed by atoms with Gasteiger partial charge in [0.2, 0.25) is 11.8 Å². The van der Waals surface area contributed by atoms with Crippen molar-refractivity contribution in [3.05, 3.63) is 34.9 Å². The molecule has 1 saturated carbocycles. The van der Waals surface area contributed by atoms with Crippen LogP contribution in [0.4, 0.5) is 0 Å². The molecule has 1 aliphatic carbocycles. The summed E-state index contributed by atoms with van der Waals surface area (Å²) in [4.78, 5) is 38.2. The minimum Gasteiger partial charge on any atom is -0.469 e. The van der Waals surface area contributed by atoms with Gasteiger partial charge in [-0.3, -0.25) is 14.4 Å². The highest BCUT2D eigenvalue weighted by Gasteiger charge is 2.42. The summed E-state index contributed by atoms with van der Waals surface area (Å²) in [5, 5.41) is 3.35. The summed E-state index contributed by atoms with van der Waals surface area (Å²) in [6.45, 7) is 0.447. The SMILES string of the molecule is COC(=O)CC(NC(=O)C1CC(=O)N(C2CC2)C1)c1ccccc1Cl. The van der Waals surface area contributed by atoms with Crippen LogP contribution in [0.15, 0.2) is 24.3 Å². The van der Waals surface area contributed by atoms with Crippen molar-refractivity contribution in [1.29, 1.82) is 0 Å². The molecule has 1 aliphatic heterocycles. The topological polar surface area (TPSA) is 75.7 Å². The largest absolute Gasteiger partial charge is 0.469 e. The van der Waals surface area contributed by atoms with Crippen LogP contribution in [0.2, 0.25) is 5.02 Å². The predicted molar refractivity (Wildman–Crippen MR) is 91.8 cm³/mol. The fraction of sp³-hybridized carbons (Fsp3) is 0.500. The van der Waals surface area contributed by atoms with E-state index in [0.717, 1.165) is 12.8 Å². The van der Waals surface area contributed by atoms with E-state index >= 15 is 0 Å². The quantitative estimate of drug-likeness (QED) is 0.784. The van der Waals surface area contributed by atoms with Gasteiger partial charge in [0.25, 0.3) is 0 Å². The van der Waals surface area contributed by atoms with Gasteiger partial charge in [0.05, 0.1) is 25.5 Å². The molecule has 1 N–H and O–H groups in total. The van der Waals surface area contributed by atoms with Gasteiger partial charge in [0, 0.05) is 24.0 Å². The summed E-state index contributed by atoms with van der Waals surface area (Å²) in [7, 11) is 1.30. The number of methoxy groups -OCH3 is 1. The number of hydrogen-bond donors (Lipinski definition) is 1. The molecule has 0 spiro atoms. The maximum atomic E-state index is 12.7. The molecule has 6 nitrogen and oxygen atoms in total. The monoisotopic (exact) mass is 364 g/mol. The molecule has 7 heteroatoms. The fourth-order valence-corrected chi connectivity index (χ4v) is 3.45. The lowest BCUT2D eigenvalue weighted by Crippen LogP contribution is -2.37. The normalized spacial score (nSPS) is 21.1. The summed E-state index contributed by atoms with van der Waals surface area (Å²) >= 11 is 6.22. The Hall–Kier alpha value is -2.08. The van der Waals surface area contributed by atoms with Gasteiger partial charge in [-0.05, 0) is 24.5 Å². The highest BCUT2D eigenvalue weighted by atomic mass is 35.5. The number of rotatable bonds is 6. The Kier molecular flexibility index (Phi) is 5.27. The summed E-state index contributed by atoms with van der Waals surface area (Å²) in [5.74, 6) is -1.03. The van der Waals surface area contributed by atoms with Crippen LogP contribution < -0.4 is 5.32 Å². The third kappa shape index (κ3) is 4.12. The van der Waals surface area contributed by atoms with Gasteiger partial charge >= 0.3 is 5.97 Å². The first-order chi connectivity index (χ1) is 12.0. The second-order valence-electron chi connectivity index (χ2n) is 6.54. The third-order valence-electron chi connectivity index (χ3n) is 4.71. The zero-order valence-corrected chi connectivity index (χ0v) is 14.8. The van der Waals surface area contributed by atoms with Crippen LogP contribution >= 0.6 is 11.6 Å². The van der Waals surface area contributed by atoms with Crippen LogP contribution in [0.1, 0.15) is 37.3 Å². The van der Waals surface area contributed by atoms with Crippen molar-refractivity contribution in [3.8, 4) is 0 Å². The van der Waals surface area contributed by atoms with Gasteiger partial charge in [0.1, 0.15) is 0 Å². The van der Waals surface area contributed by atoms with Crippen molar-refractivity contribution in [1.82, 2.24) is 10.2 Å². The van der Waals surface area contributed by atoms with Crippen LogP contribution in [0, 0.1) is 5.92 Å². The van der Waals surface area contributed by atoms with Crippen LogP contribution in [-0.2, 0) is 19.1 Å². The molecule has 2 fully saturated rings. The van der Waals surface area contributed by atoms with Gasteiger partial charge in [-0.1, -0.05) is 29.8 Å². The van der Waals surface area contributed by atoms with Gasteiger partial charge in [-0.15, -0.1) is 0 Å². The molecule has 3 rings (SSSR count). The number of hydrogen-bond acceptors (Lipinski definition) is 4. The van der Waals surface area contributed by atoms with Crippen molar-refractivity contribution in [2.75, 3.05) is 13.7 Å². The zero-order valence-electron chi connectivity index (χ0n) is 14.0. The summed E-state index contributed by atoms with van der Waals surface area (Å²) in [6, 6.07) is 6.78. The minimum atomic E-state index is -0.585. The lowest BCUT2D eigenvalue weighted by atomic mass is 10.0. The van der Waals surface area contributed by atoms with Crippen LogP contribution in [0.3, 0.4) is 0 Å². The highest BCUT2D eigenvalue weighted by Crippen LogP contribution is 2.33. The smallest absolute Gasteiger partial charge is 0.307 e. The number of carbonyl (C=O) groups excluding carboxylic acids is 3. The maximum absolute atomic E-state index is 12.7. The van der Waals surface area contributed by atoms with E-state index in [2.05, 4.69) is 5.32 Å². The minimum absolute atomic E-state index is 0.0149. The van der Waals surface area contributed by atoms with E-state index in [9.17, 15) is 14.4 Å². The first kappa shape index (κ1) is 17.7. The van der Waals surface area contributed by atoms with Crippen LogP contribution in [0.25, 0.3) is 0 Å². The number of esters is 1. The van der Waals surface area contributed by atoms with E-state index in [4.69, 9.17) is 16.3 Å². The first-order valence-corrected chi connectivity index (χ1v) is 8.78. The Morgan fingerprint density at radius 1 is 1.36 bits per heavy atom. The van der Waals surface area contributed by atoms with Crippen molar-refractivity contribution < 1.29 is 19.1 Å². The third-order valence-corrected chi connectivity index (χ3v) is 5.06. The Morgan fingerprint density at radius 3 is 2.72 bits per heavy atom. The Labute approximate surface area is 151 Å². The fourth-order valence-electron chi connectivity index (χ4n) is 3.18. The summed E-state index contributed by atoms with van der Waals surface area (Å²) in [5.41, 5.74) is 0.659. The summed E-state index contributed by atoms with van der Waals surface area (Å²) < 4.78 is 4.73. The number of benzene rings is 1. The number of likely N-dealkylation sites (tertiary alicyclic amines) is 1. The predicted octanol–water partition coefficient (Wildman–Crippen LogP) is 2.07. The second kappa shape index (κ2) is 7.44. The molecule has 1 heterocycles. The molecule has 2 atom stereocenters. The first-order valence-electron chi connectivity index (χ1n) is 8.40. The van der Waals surface area contributed by atoms with E-state index in [1.807, 2.05) is 0 Å². The van der Waals surface area contributed by atoms with Crippen molar-refractivity contribution in [2.45, 2.75) is 37.8 Å². The van der Waals surface area contributed by atoms with Crippen LogP contribution in [-0.4, -0.2) is 42.4 Å². The molecule has 2 amide bonds. The molecule has 134 valence electrons. The molecule has 2 aliphatic rings. The molecule has 1 aromatic carbocycles. The van der Waals surface area contributed by atoms with Gasteiger partial charge in [0.15, 0.2) is 0 Å². The van der Waals surface area contributed by atoms with Gasteiger partial charge in [-0.25, -0.2) is 0 Å². The molecule has 1 saturated heterocycles. The number of nitrogens with zero attached hydrogens (tertiary/aromatic N) is 1.